The van der Waals surface area contributed by atoms with E-state index in [0.29, 0.717) is 18.9 Å². The van der Waals surface area contributed by atoms with Gasteiger partial charge in [-0.2, -0.15) is 8.78 Å². The molecule has 0 radical (unpaired) electrons. The third-order valence-electron chi connectivity index (χ3n) is 6.60. The third kappa shape index (κ3) is 6.18. The van der Waals surface area contributed by atoms with E-state index in [1.54, 1.807) is 0 Å². The molecular formula is C28H23F9O2. The minimum absolute atomic E-state index is 0.0597. The van der Waals surface area contributed by atoms with Crippen LogP contribution in [0, 0.1) is 46.6 Å². The molecule has 0 saturated carbocycles. The topological polar surface area (TPSA) is 18.5 Å². The lowest BCUT2D eigenvalue weighted by atomic mass is 9.90. The minimum atomic E-state index is -4.84. The first kappa shape index (κ1) is 28.8. The molecule has 0 spiro atoms. The number of hydrogen-bond acceptors (Lipinski definition) is 2. The Bertz CT molecular complexity index is 1280. The van der Waals surface area contributed by atoms with Gasteiger partial charge in [-0.15, -0.1) is 0 Å². The largest absolute Gasteiger partial charge is 0.432 e. The van der Waals surface area contributed by atoms with E-state index in [0.717, 1.165) is 37.8 Å². The maximum Gasteiger partial charge on any atom is 0.432 e. The van der Waals surface area contributed by atoms with Crippen LogP contribution in [0.3, 0.4) is 0 Å². The average Bonchev–Trinajstić information content (AvgIpc) is 2.85. The molecule has 2 unspecified atom stereocenters. The number of alkyl halides is 2. The van der Waals surface area contributed by atoms with Crippen LogP contribution in [0.25, 0.3) is 11.1 Å². The zero-order valence-corrected chi connectivity index (χ0v) is 20.6. The van der Waals surface area contributed by atoms with Gasteiger partial charge in [0, 0.05) is 12.1 Å². The van der Waals surface area contributed by atoms with Gasteiger partial charge in [0.15, 0.2) is 17.5 Å². The van der Waals surface area contributed by atoms with E-state index in [9.17, 15) is 39.5 Å². The van der Waals surface area contributed by atoms with Gasteiger partial charge in [0.2, 0.25) is 0 Å². The Morgan fingerprint density at radius 3 is 1.90 bits per heavy atom. The molecule has 2 atom stereocenters. The highest BCUT2D eigenvalue weighted by Gasteiger charge is 2.42. The normalized spacial score (nSPS) is 17.9. The first-order valence-electron chi connectivity index (χ1n) is 12.2. The molecule has 0 N–H and O–H groups in total. The molecule has 4 rings (SSSR count). The molecule has 2 nitrogen and oxygen atoms in total. The summed E-state index contributed by atoms with van der Waals surface area (Å²) in [5.41, 5.74) is -3.36. The van der Waals surface area contributed by atoms with Crippen molar-refractivity contribution in [1.29, 1.82) is 0 Å². The van der Waals surface area contributed by atoms with Crippen LogP contribution in [0.1, 0.15) is 56.3 Å². The maximum atomic E-state index is 15.0. The average molecular weight is 562 g/mol. The SMILES string of the molecule is CCCCC1CCC(c2cc(F)c(-c3cc(F)c(C(F)(F)Oc4cc(F)c(F)c(F)c4)c(F)c3)c(F)c2)OC1. The van der Waals surface area contributed by atoms with Crippen molar-refractivity contribution in [2.75, 3.05) is 6.61 Å². The minimum Gasteiger partial charge on any atom is -0.429 e. The molecule has 0 bridgehead atoms. The van der Waals surface area contributed by atoms with E-state index in [1.165, 1.54) is 0 Å². The van der Waals surface area contributed by atoms with Crippen molar-refractivity contribution in [3.8, 4) is 16.9 Å². The van der Waals surface area contributed by atoms with Gasteiger partial charge in [0.1, 0.15) is 34.6 Å². The predicted octanol–water partition coefficient (Wildman–Crippen LogP) is 9.11. The molecule has 3 aromatic rings. The van der Waals surface area contributed by atoms with Crippen LogP contribution in [0.15, 0.2) is 36.4 Å². The van der Waals surface area contributed by atoms with Crippen LogP contribution in [0.2, 0.25) is 0 Å². The van der Waals surface area contributed by atoms with Crippen LogP contribution in [0.4, 0.5) is 39.5 Å². The molecule has 1 aliphatic rings. The summed E-state index contributed by atoms with van der Waals surface area (Å²) in [4.78, 5) is 0. The van der Waals surface area contributed by atoms with Crippen LogP contribution in [-0.4, -0.2) is 6.61 Å². The highest BCUT2D eigenvalue weighted by atomic mass is 19.3. The molecule has 1 fully saturated rings. The Kier molecular flexibility index (Phi) is 8.48. The van der Waals surface area contributed by atoms with E-state index in [-0.39, 0.29) is 29.8 Å². The zero-order chi connectivity index (χ0) is 28.5. The predicted molar refractivity (Wildman–Crippen MR) is 123 cm³/mol. The van der Waals surface area contributed by atoms with Crippen molar-refractivity contribution < 1.29 is 49.0 Å². The Hall–Kier alpha value is -3.21. The standard InChI is InChI=1S/C28H23F9O2/c1-2-3-4-14-5-6-24(38-13-14)15-7-18(29)25(19(30)8-15)16-9-20(31)26(21(32)10-16)28(36,37)39-17-11-22(33)27(35)23(34)12-17/h7-12,14,24H,2-6,13H2,1H3. The second-order valence-electron chi connectivity index (χ2n) is 9.40. The summed E-state index contributed by atoms with van der Waals surface area (Å²) < 4.78 is 138. The van der Waals surface area contributed by atoms with Gasteiger partial charge < -0.3 is 9.47 Å². The number of hydrogen-bond donors (Lipinski definition) is 0. The van der Waals surface area contributed by atoms with Gasteiger partial charge in [-0.1, -0.05) is 19.8 Å². The second-order valence-corrected chi connectivity index (χ2v) is 9.40. The van der Waals surface area contributed by atoms with Crippen molar-refractivity contribution in [3.05, 3.63) is 88.2 Å². The summed E-state index contributed by atoms with van der Waals surface area (Å²) in [5, 5.41) is 0. The second kappa shape index (κ2) is 11.5. The highest BCUT2D eigenvalue weighted by molar-refractivity contribution is 5.66. The van der Waals surface area contributed by atoms with Crippen LogP contribution >= 0.6 is 0 Å². The van der Waals surface area contributed by atoms with Gasteiger partial charge in [0.05, 0.1) is 18.3 Å². The Labute approximate surface area is 218 Å². The molecular weight excluding hydrogens is 539 g/mol. The smallest absolute Gasteiger partial charge is 0.429 e. The summed E-state index contributed by atoms with van der Waals surface area (Å²) >= 11 is 0. The van der Waals surface area contributed by atoms with Crippen molar-refractivity contribution in [3.63, 3.8) is 0 Å². The molecule has 1 saturated heterocycles. The van der Waals surface area contributed by atoms with Gasteiger partial charge >= 0.3 is 6.11 Å². The molecule has 1 aliphatic heterocycles. The van der Waals surface area contributed by atoms with E-state index < -0.39 is 75.4 Å². The van der Waals surface area contributed by atoms with Crippen LogP contribution < -0.4 is 4.74 Å². The van der Waals surface area contributed by atoms with Crippen molar-refractivity contribution in [2.24, 2.45) is 5.92 Å². The summed E-state index contributed by atoms with van der Waals surface area (Å²) in [6.07, 6.45) is -1.00. The van der Waals surface area contributed by atoms with Crippen LogP contribution in [-0.2, 0) is 10.8 Å². The van der Waals surface area contributed by atoms with Gasteiger partial charge in [-0.25, -0.2) is 30.7 Å². The first-order valence-corrected chi connectivity index (χ1v) is 12.2. The molecule has 39 heavy (non-hydrogen) atoms. The fourth-order valence-corrected chi connectivity index (χ4v) is 4.63. The fourth-order valence-electron chi connectivity index (χ4n) is 4.63. The number of halogens is 9. The lowest BCUT2D eigenvalue weighted by molar-refractivity contribution is -0.189. The van der Waals surface area contributed by atoms with Crippen LogP contribution in [0.5, 0.6) is 5.75 Å². The maximum absolute atomic E-state index is 15.0. The molecule has 1 heterocycles. The first-order chi connectivity index (χ1) is 18.4. The number of unbranched alkanes of at least 4 members (excludes halogenated alkanes) is 1. The monoisotopic (exact) mass is 562 g/mol. The molecule has 0 amide bonds. The lowest BCUT2D eigenvalue weighted by Crippen LogP contribution is -2.25. The highest BCUT2D eigenvalue weighted by Crippen LogP contribution is 2.40. The van der Waals surface area contributed by atoms with Gasteiger partial charge in [-0.3, -0.25) is 0 Å². The summed E-state index contributed by atoms with van der Waals surface area (Å²) in [7, 11) is 0. The number of ether oxygens (including phenoxy) is 2. The number of benzene rings is 3. The molecule has 3 aromatic carbocycles. The Morgan fingerprint density at radius 1 is 0.795 bits per heavy atom. The molecule has 11 heteroatoms. The lowest BCUT2D eigenvalue weighted by Gasteiger charge is -2.29. The third-order valence-corrected chi connectivity index (χ3v) is 6.60. The quantitative estimate of drug-likeness (QED) is 0.201. The van der Waals surface area contributed by atoms with E-state index in [4.69, 9.17) is 4.74 Å². The Balaban J connectivity index is 1.59. The van der Waals surface area contributed by atoms with Crippen molar-refractivity contribution in [1.82, 2.24) is 0 Å². The molecule has 0 aliphatic carbocycles. The van der Waals surface area contributed by atoms with E-state index in [1.807, 2.05) is 0 Å². The van der Waals surface area contributed by atoms with Crippen molar-refractivity contribution in [2.45, 2.75) is 51.2 Å². The molecule has 0 aromatic heterocycles. The van der Waals surface area contributed by atoms with E-state index >= 15 is 0 Å². The van der Waals surface area contributed by atoms with Crippen molar-refractivity contribution >= 4 is 0 Å². The summed E-state index contributed by atoms with van der Waals surface area (Å²) in [5.74, 6) is -12.9. The number of rotatable bonds is 8. The fraction of sp³-hybridized carbons (Fsp3) is 0.357. The Morgan fingerprint density at radius 2 is 1.38 bits per heavy atom. The summed E-state index contributed by atoms with van der Waals surface area (Å²) in [6, 6.07) is 2.60. The zero-order valence-electron chi connectivity index (χ0n) is 20.6. The molecule has 210 valence electrons. The van der Waals surface area contributed by atoms with Gasteiger partial charge in [-0.05, 0) is 60.6 Å². The van der Waals surface area contributed by atoms with E-state index in [2.05, 4.69) is 11.7 Å². The van der Waals surface area contributed by atoms with Gasteiger partial charge in [0.25, 0.3) is 0 Å². The summed E-state index contributed by atoms with van der Waals surface area (Å²) in [6.45, 7) is 2.50.